The smallest absolute Gasteiger partial charge is 0.224 e. The van der Waals surface area contributed by atoms with E-state index in [1.54, 1.807) is 11.3 Å². The van der Waals surface area contributed by atoms with Crippen LogP contribution < -0.4 is 11.1 Å². The molecule has 3 N–H and O–H groups in total. The number of anilines is 1. The minimum absolute atomic E-state index is 0. The maximum absolute atomic E-state index is 12.3. The molecular weight excluding hydrogens is 318 g/mol. The van der Waals surface area contributed by atoms with Gasteiger partial charge >= 0.3 is 0 Å². The minimum Gasteiger partial charge on any atom is -0.330 e. The van der Waals surface area contributed by atoms with Crippen molar-refractivity contribution in [3.05, 3.63) is 23.7 Å². The highest BCUT2D eigenvalue weighted by Gasteiger charge is 2.32. The summed E-state index contributed by atoms with van der Waals surface area (Å²) in [6.45, 7) is 0.605. The molecule has 0 spiro atoms. The van der Waals surface area contributed by atoms with Gasteiger partial charge in [-0.2, -0.15) is 0 Å². The fourth-order valence-corrected chi connectivity index (χ4v) is 3.95. The van der Waals surface area contributed by atoms with Crippen molar-refractivity contribution < 1.29 is 4.79 Å². The highest BCUT2D eigenvalue weighted by molar-refractivity contribution is 7.16. The molecule has 0 unspecified atom stereocenters. The third-order valence-electron chi connectivity index (χ3n) is 4.50. The number of thiazole rings is 1. The van der Waals surface area contributed by atoms with Crippen LogP contribution in [0.5, 0.6) is 0 Å². The van der Waals surface area contributed by atoms with Crippen molar-refractivity contribution >= 4 is 45.6 Å². The van der Waals surface area contributed by atoms with Crippen molar-refractivity contribution in [3.63, 3.8) is 0 Å². The van der Waals surface area contributed by atoms with Crippen LogP contribution in [-0.2, 0) is 4.79 Å². The molecule has 22 heavy (non-hydrogen) atoms. The number of rotatable bonds is 4. The van der Waals surface area contributed by atoms with Crippen molar-refractivity contribution in [1.29, 1.82) is 0 Å². The maximum atomic E-state index is 12.3. The number of carbonyl (C=O) groups is 1. The second-order valence-corrected chi connectivity index (χ2v) is 6.91. The third-order valence-corrected chi connectivity index (χ3v) is 5.29. The highest BCUT2D eigenvalue weighted by atomic mass is 35.5. The molecule has 1 aromatic carbocycles. The van der Waals surface area contributed by atoms with E-state index >= 15 is 0 Å². The molecule has 120 valence electrons. The van der Waals surface area contributed by atoms with Crippen LogP contribution in [0.4, 0.5) is 5.69 Å². The SMILES string of the molecule is Cl.NCC1(CC(=O)Nc2ccc3ncsc3c2)CCCCC1. The molecule has 1 heterocycles. The maximum Gasteiger partial charge on any atom is 0.224 e. The molecular formula is C16H22ClN3OS. The van der Waals surface area contributed by atoms with Gasteiger partial charge in [0.2, 0.25) is 5.91 Å². The number of fused-ring (bicyclic) bond motifs is 1. The average molecular weight is 340 g/mol. The number of amides is 1. The van der Waals surface area contributed by atoms with Gasteiger partial charge in [-0.15, -0.1) is 23.7 Å². The highest BCUT2D eigenvalue weighted by Crippen LogP contribution is 2.38. The standard InChI is InChI=1S/C16H21N3OS.ClH/c17-10-16(6-2-1-3-7-16)9-15(20)19-12-4-5-13-14(8-12)21-11-18-13;/h4-5,8,11H,1-3,6-7,9-10,17H2,(H,19,20);1H. The Bertz CT molecular complexity index is 637. The van der Waals surface area contributed by atoms with E-state index < -0.39 is 0 Å². The second-order valence-electron chi connectivity index (χ2n) is 6.02. The molecule has 4 nitrogen and oxygen atoms in total. The fourth-order valence-electron chi connectivity index (χ4n) is 3.23. The van der Waals surface area contributed by atoms with Crippen LogP contribution in [-0.4, -0.2) is 17.4 Å². The first-order valence-electron chi connectivity index (χ1n) is 7.54. The van der Waals surface area contributed by atoms with Crippen LogP contribution in [0.15, 0.2) is 23.7 Å². The van der Waals surface area contributed by atoms with E-state index in [1.165, 1.54) is 19.3 Å². The van der Waals surface area contributed by atoms with Crippen molar-refractivity contribution in [2.75, 3.05) is 11.9 Å². The summed E-state index contributed by atoms with van der Waals surface area (Å²) < 4.78 is 1.10. The Labute approximate surface area is 140 Å². The van der Waals surface area contributed by atoms with E-state index in [0.29, 0.717) is 13.0 Å². The van der Waals surface area contributed by atoms with E-state index in [1.807, 2.05) is 23.7 Å². The van der Waals surface area contributed by atoms with E-state index in [9.17, 15) is 4.79 Å². The number of halogens is 1. The Balaban J connectivity index is 0.00000176. The van der Waals surface area contributed by atoms with Gasteiger partial charge in [-0.05, 0) is 43.0 Å². The number of hydrogen-bond donors (Lipinski definition) is 2. The first kappa shape index (κ1) is 17.2. The monoisotopic (exact) mass is 339 g/mol. The molecule has 0 atom stereocenters. The minimum atomic E-state index is 0. The summed E-state index contributed by atoms with van der Waals surface area (Å²) in [6, 6.07) is 5.84. The number of nitrogens with one attached hydrogen (secondary N) is 1. The zero-order valence-corrected chi connectivity index (χ0v) is 14.1. The Kier molecular flexibility index (Phi) is 5.78. The molecule has 1 aromatic heterocycles. The summed E-state index contributed by atoms with van der Waals surface area (Å²) in [4.78, 5) is 16.6. The number of benzene rings is 1. The Hall–Kier alpha value is -1.17. The number of carbonyl (C=O) groups excluding carboxylic acids is 1. The Morgan fingerprint density at radius 2 is 2.09 bits per heavy atom. The Morgan fingerprint density at radius 3 is 2.82 bits per heavy atom. The molecule has 1 amide bonds. The third kappa shape index (κ3) is 3.77. The van der Waals surface area contributed by atoms with Gasteiger partial charge in [-0.3, -0.25) is 4.79 Å². The largest absolute Gasteiger partial charge is 0.330 e. The normalized spacial score (nSPS) is 17.0. The lowest BCUT2D eigenvalue weighted by molar-refractivity contribution is -0.118. The summed E-state index contributed by atoms with van der Waals surface area (Å²) in [5.74, 6) is 0.0752. The molecule has 3 rings (SSSR count). The molecule has 0 saturated heterocycles. The number of nitrogens with zero attached hydrogens (tertiary/aromatic N) is 1. The van der Waals surface area contributed by atoms with Crippen molar-refractivity contribution in [2.24, 2.45) is 11.1 Å². The molecule has 0 aliphatic heterocycles. The van der Waals surface area contributed by atoms with Gasteiger partial charge in [0.1, 0.15) is 0 Å². The number of hydrogen-bond acceptors (Lipinski definition) is 4. The topological polar surface area (TPSA) is 68.0 Å². The molecule has 6 heteroatoms. The number of aromatic nitrogens is 1. The van der Waals surface area contributed by atoms with Crippen LogP contribution >= 0.6 is 23.7 Å². The van der Waals surface area contributed by atoms with E-state index in [2.05, 4.69) is 10.3 Å². The van der Waals surface area contributed by atoms with Gasteiger partial charge < -0.3 is 11.1 Å². The van der Waals surface area contributed by atoms with Crippen molar-refractivity contribution in [3.8, 4) is 0 Å². The van der Waals surface area contributed by atoms with Gasteiger partial charge in [0.05, 0.1) is 15.7 Å². The van der Waals surface area contributed by atoms with Crippen LogP contribution in [0, 0.1) is 5.41 Å². The quantitative estimate of drug-likeness (QED) is 0.886. The molecule has 1 saturated carbocycles. The predicted molar refractivity (Wildman–Crippen MR) is 94.7 cm³/mol. The van der Waals surface area contributed by atoms with Crippen molar-refractivity contribution in [2.45, 2.75) is 38.5 Å². The van der Waals surface area contributed by atoms with E-state index in [-0.39, 0.29) is 23.7 Å². The lowest BCUT2D eigenvalue weighted by Crippen LogP contribution is -2.36. The van der Waals surface area contributed by atoms with Gasteiger partial charge in [-0.1, -0.05) is 19.3 Å². The van der Waals surface area contributed by atoms with Crippen molar-refractivity contribution in [1.82, 2.24) is 4.98 Å². The molecule has 1 fully saturated rings. The summed E-state index contributed by atoms with van der Waals surface area (Å²) in [5.41, 5.74) is 9.61. The summed E-state index contributed by atoms with van der Waals surface area (Å²) in [7, 11) is 0. The first-order chi connectivity index (χ1) is 10.2. The first-order valence-corrected chi connectivity index (χ1v) is 8.42. The van der Waals surface area contributed by atoms with Crippen LogP contribution in [0.3, 0.4) is 0 Å². The molecule has 1 aliphatic carbocycles. The van der Waals surface area contributed by atoms with E-state index in [0.717, 1.165) is 28.7 Å². The molecule has 0 radical (unpaired) electrons. The number of nitrogens with two attached hydrogens (primary N) is 1. The van der Waals surface area contributed by atoms with Crippen LogP contribution in [0.25, 0.3) is 10.2 Å². The molecule has 0 bridgehead atoms. The van der Waals surface area contributed by atoms with Gasteiger partial charge in [0.15, 0.2) is 0 Å². The van der Waals surface area contributed by atoms with Gasteiger partial charge in [-0.25, -0.2) is 4.98 Å². The second kappa shape index (κ2) is 7.40. The predicted octanol–water partition coefficient (Wildman–Crippen LogP) is 3.96. The zero-order valence-electron chi connectivity index (χ0n) is 12.5. The molecule has 1 aliphatic rings. The lowest BCUT2D eigenvalue weighted by atomic mass is 9.71. The average Bonchev–Trinajstić information content (AvgIpc) is 2.95. The van der Waals surface area contributed by atoms with Crippen LogP contribution in [0.2, 0.25) is 0 Å². The zero-order chi connectivity index (χ0) is 14.7. The summed E-state index contributed by atoms with van der Waals surface area (Å²) in [6.07, 6.45) is 6.33. The Morgan fingerprint density at radius 1 is 1.32 bits per heavy atom. The summed E-state index contributed by atoms with van der Waals surface area (Å²) >= 11 is 1.59. The fraction of sp³-hybridized carbons (Fsp3) is 0.500. The molecule has 2 aromatic rings. The van der Waals surface area contributed by atoms with E-state index in [4.69, 9.17) is 5.73 Å². The van der Waals surface area contributed by atoms with Gasteiger partial charge in [0.25, 0.3) is 0 Å². The lowest BCUT2D eigenvalue weighted by Gasteiger charge is -2.35. The van der Waals surface area contributed by atoms with Gasteiger partial charge in [0, 0.05) is 12.1 Å². The van der Waals surface area contributed by atoms with Crippen LogP contribution in [0.1, 0.15) is 38.5 Å². The summed E-state index contributed by atoms with van der Waals surface area (Å²) in [5, 5.41) is 3.01.